The van der Waals surface area contributed by atoms with Crippen LogP contribution in [0, 0.1) is 13.8 Å². The third-order valence-electron chi connectivity index (χ3n) is 4.27. The molecule has 0 aliphatic rings. The number of aryl methyl sites for hydroxylation is 2. The number of benzene rings is 2. The van der Waals surface area contributed by atoms with Crippen molar-refractivity contribution in [1.82, 2.24) is 15.3 Å². The number of nitrogens with one attached hydrogen (secondary N) is 2. The number of hydrogen-bond donors (Lipinski definition) is 2. The van der Waals surface area contributed by atoms with Crippen molar-refractivity contribution in [3.63, 3.8) is 0 Å². The molecule has 1 amide bonds. The van der Waals surface area contributed by atoms with Crippen molar-refractivity contribution in [2.24, 2.45) is 0 Å². The Labute approximate surface area is 159 Å². The van der Waals surface area contributed by atoms with E-state index >= 15 is 0 Å². The quantitative estimate of drug-likeness (QED) is 0.691. The molecule has 2 aromatic carbocycles. The molecular weight excluding hydrogens is 336 g/mol. The number of amides is 1. The molecule has 5 heteroatoms. The van der Waals surface area contributed by atoms with Gasteiger partial charge in [0.1, 0.15) is 5.69 Å². The molecule has 0 fully saturated rings. The Bertz CT molecular complexity index is 925. The predicted molar refractivity (Wildman–Crippen MR) is 108 cm³/mol. The lowest BCUT2D eigenvalue weighted by molar-refractivity contribution is 0.0934. The molecule has 0 aliphatic carbocycles. The van der Waals surface area contributed by atoms with Gasteiger partial charge in [0.2, 0.25) is 5.95 Å². The highest BCUT2D eigenvalue weighted by Crippen LogP contribution is 2.13. The standard InChI is InChI=1S/C22H24N4O/c1-15-8-7-9-18(12-15)14-23-22-24-16(2)13-20(26-22)21(27)25-17(3)19-10-5-4-6-11-19/h4-13,17H,14H2,1-3H3,(H,25,27)(H,23,24,26). The van der Waals surface area contributed by atoms with Gasteiger partial charge in [0.05, 0.1) is 6.04 Å². The number of carbonyl (C=O) groups excluding carboxylic acids is 1. The number of rotatable bonds is 6. The summed E-state index contributed by atoms with van der Waals surface area (Å²) in [6.45, 7) is 6.48. The number of carbonyl (C=O) groups is 1. The average Bonchev–Trinajstić information content (AvgIpc) is 2.66. The summed E-state index contributed by atoms with van der Waals surface area (Å²) in [5, 5.41) is 6.20. The van der Waals surface area contributed by atoms with E-state index in [1.807, 2.05) is 56.3 Å². The highest BCUT2D eigenvalue weighted by molar-refractivity contribution is 5.92. The number of hydrogen-bond acceptors (Lipinski definition) is 4. The summed E-state index contributed by atoms with van der Waals surface area (Å²) < 4.78 is 0. The van der Waals surface area contributed by atoms with Crippen molar-refractivity contribution < 1.29 is 4.79 Å². The van der Waals surface area contributed by atoms with E-state index in [1.54, 1.807) is 6.07 Å². The summed E-state index contributed by atoms with van der Waals surface area (Å²) in [6, 6.07) is 19.7. The molecule has 1 aromatic heterocycles. The normalized spacial score (nSPS) is 11.7. The van der Waals surface area contributed by atoms with E-state index in [2.05, 4.69) is 39.7 Å². The molecular formula is C22H24N4O. The third-order valence-corrected chi connectivity index (χ3v) is 4.27. The van der Waals surface area contributed by atoms with Gasteiger partial charge >= 0.3 is 0 Å². The van der Waals surface area contributed by atoms with Crippen LogP contribution >= 0.6 is 0 Å². The third kappa shape index (κ3) is 5.14. The largest absolute Gasteiger partial charge is 0.350 e. The van der Waals surface area contributed by atoms with E-state index in [4.69, 9.17) is 0 Å². The maximum absolute atomic E-state index is 12.6. The molecule has 1 atom stereocenters. The van der Waals surface area contributed by atoms with Gasteiger partial charge in [-0.15, -0.1) is 0 Å². The highest BCUT2D eigenvalue weighted by Gasteiger charge is 2.14. The van der Waals surface area contributed by atoms with Gasteiger partial charge < -0.3 is 10.6 Å². The maximum atomic E-state index is 12.6. The van der Waals surface area contributed by atoms with Gasteiger partial charge in [-0.1, -0.05) is 60.2 Å². The SMILES string of the molecule is Cc1cccc(CNc2nc(C)cc(C(=O)NC(C)c3ccccc3)n2)c1. The van der Waals surface area contributed by atoms with Crippen molar-refractivity contribution in [2.45, 2.75) is 33.4 Å². The van der Waals surface area contributed by atoms with Gasteiger partial charge in [0.15, 0.2) is 0 Å². The van der Waals surface area contributed by atoms with Gasteiger partial charge in [0, 0.05) is 12.2 Å². The summed E-state index contributed by atoms with van der Waals surface area (Å²) >= 11 is 0. The second kappa shape index (κ2) is 8.45. The Balaban J connectivity index is 1.69. The minimum Gasteiger partial charge on any atom is -0.350 e. The summed E-state index contributed by atoms with van der Waals surface area (Å²) in [6.07, 6.45) is 0. The van der Waals surface area contributed by atoms with Crippen LogP contribution in [0.2, 0.25) is 0 Å². The van der Waals surface area contributed by atoms with Crippen molar-refractivity contribution in [1.29, 1.82) is 0 Å². The molecule has 3 rings (SSSR count). The van der Waals surface area contributed by atoms with Crippen LogP contribution in [-0.2, 0) is 6.54 Å². The van der Waals surface area contributed by atoms with Crippen LogP contribution in [0.1, 0.15) is 45.8 Å². The molecule has 3 aromatic rings. The van der Waals surface area contributed by atoms with E-state index < -0.39 is 0 Å². The van der Waals surface area contributed by atoms with Crippen molar-refractivity contribution in [2.75, 3.05) is 5.32 Å². The molecule has 0 radical (unpaired) electrons. The summed E-state index contributed by atoms with van der Waals surface area (Å²) in [5.41, 5.74) is 4.50. The Kier molecular flexibility index (Phi) is 5.81. The molecule has 0 saturated heterocycles. The molecule has 1 unspecified atom stereocenters. The molecule has 0 spiro atoms. The molecule has 1 heterocycles. The van der Waals surface area contributed by atoms with Gasteiger partial charge in [-0.05, 0) is 38.0 Å². The zero-order valence-corrected chi connectivity index (χ0v) is 15.9. The van der Waals surface area contributed by atoms with Crippen LogP contribution < -0.4 is 10.6 Å². The van der Waals surface area contributed by atoms with Gasteiger partial charge in [-0.3, -0.25) is 4.79 Å². The smallest absolute Gasteiger partial charge is 0.270 e. The van der Waals surface area contributed by atoms with Crippen LogP contribution in [0.25, 0.3) is 0 Å². The zero-order valence-electron chi connectivity index (χ0n) is 15.9. The molecule has 138 valence electrons. The lowest BCUT2D eigenvalue weighted by Gasteiger charge is -2.14. The Morgan fingerprint density at radius 1 is 1.00 bits per heavy atom. The molecule has 5 nitrogen and oxygen atoms in total. The number of nitrogens with zero attached hydrogens (tertiary/aromatic N) is 2. The van der Waals surface area contributed by atoms with E-state index in [-0.39, 0.29) is 11.9 Å². The number of anilines is 1. The second-order valence-electron chi connectivity index (χ2n) is 6.67. The van der Waals surface area contributed by atoms with Crippen molar-refractivity contribution >= 4 is 11.9 Å². The van der Waals surface area contributed by atoms with Crippen molar-refractivity contribution in [3.8, 4) is 0 Å². The maximum Gasteiger partial charge on any atom is 0.270 e. The fraction of sp³-hybridized carbons (Fsp3) is 0.227. The first kappa shape index (κ1) is 18.6. The van der Waals surface area contributed by atoms with Gasteiger partial charge in [-0.25, -0.2) is 9.97 Å². The van der Waals surface area contributed by atoms with Crippen LogP contribution in [0.15, 0.2) is 60.7 Å². The molecule has 2 N–H and O–H groups in total. The zero-order chi connectivity index (χ0) is 19.2. The average molecular weight is 360 g/mol. The summed E-state index contributed by atoms with van der Waals surface area (Å²) in [5.74, 6) is 0.240. The molecule has 0 aliphatic heterocycles. The van der Waals surface area contributed by atoms with E-state index in [0.29, 0.717) is 18.2 Å². The Morgan fingerprint density at radius 2 is 1.78 bits per heavy atom. The topological polar surface area (TPSA) is 66.9 Å². The van der Waals surface area contributed by atoms with Crippen LogP contribution in [0.5, 0.6) is 0 Å². The Morgan fingerprint density at radius 3 is 2.52 bits per heavy atom. The van der Waals surface area contributed by atoms with E-state index in [0.717, 1.165) is 16.8 Å². The van der Waals surface area contributed by atoms with Crippen LogP contribution in [-0.4, -0.2) is 15.9 Å². The summed E-state index contributed by atoms with van der Waals surface area (Å²) in [7, 11) is 0. The van der Waals surface area contributed by atoms with Crippen molar-refractivity contribution in [3.05, 3.63) is 88.7 Å². The second-order valence-corrected chi connectivity index (χ2v) is 6.67. The minimum absolute atomic E-state index is 0.0994. The van der Waals surface area contributed by atoms with E-state index in [9.17, 15) is 4.79 Å². The monoisotopic (exact) mass is 360 g/mol. The first-order valence-corrected chi connectivity index (χ1v) is 9.02. The molecule has 27 heavy (non-hydrogen) atoms. The lowest BCUT2D eigenvalue weighted by atomic mass is 10.1. The first-order chi connectivity index (χ1) is 13.0. The predicted octanol–water partition coefficient (Wildman–Crippen LogP) is 4.20. The van der Waals surface area contributed by atoms with Gasteiger partial charge in [0.25, 0.3) is 5.91 Å². The van der Waals surface area contributed by atoms with Crippen LogP contribution in [0.4, 0.5) is 5.95 Å². The summed E-state index contributed by atoms with van der Waals surface area (Å²) in [4.78, 5) is 21.4. The lowest BCUT2D eigenvalue weighted by Crippen LogP contribution is -2.28. The fourth-order valence-electron chi connectivity index (χ4n) is 2.86. The van der Waals surface area contributed by atoms with Crippen LogP contribution in [0.3, 0.4) is 0 Å². The Hall–Kier alpha value is -3.21. The van der Waals surface area contributed by atoms with Gasteiger partial charge in [-0.2, -0.15) is 0 Å². The number of aromatic nitrogens is 2. The first-order valence-electron chi connectivity index (χ1n) is 9.02. The minimum atomic E-state index is -0.213. The molecule has 0 saturated carbocycles. The van der Waals surface area contributed by atoms with E-state index in [1.165, 1.54) is 5.56 Å². The fourth-order valence-corrected chi connectivity index (χ4v) is 2.86. The molecule has 0 bridgehead atoms. The highest BCUT2D eigenvalue weighted by atomic mass is 16.1.